The van der Waals surface area contributed by atoms with Crippen LogP contribution in [0.2, 0.25) is 0 Å². The van der Waals surface area contributed by atoms with Crippen LogP contribution in [0, 0.1) is 0 Å². The van der Waals surface area contributed by atoms with Gasteiger partial charge in [-0.15, -0.1) is 0 Å². The second-order valence-electron chi connectivity index (χ2n) is 2.97. The number of hydrogen-bond acceptors (Lipinski definition) is 1. The molecular formula is C15H31N. The molecule has 0 bridgehead atoms. The molecule has 0 unspecified atom stereocenters. The molecule has 0 spiro atoms. The summed E-state index contributed by atoms with van der Waals surface area (Å²) in [7, 11) is 0. The Labute approximate surface area is 103 Å². The molecule has 0 radical (unpaired) electrons. The van der Waals surface area contributed by atoms with Gasteiger partial charge < -0.3 is 5.32 Å². The van der Waals surface area contributed by atoms with Gasteiger partial charge in [0.15, 0.2) is 0 Å². The third kappa shape index (κ3) is 18.7. The van der Waals surface area contributed by atoms with Gasteiger partial charge in [0.05, 0.1) is 0 Å². The molecule has 96 valence electrons. The molecular weight excluding hydrogens is 194 g/mol. The third-order valence-corrected chi connectivity index (χ3v) is 1.29. The van der Waals surface area contributed by atoms with E-state index in [1.165, 1.54) is 0 Å². The highest BCUT2D eigenvalue weighted by atomic mass is 14.9. The van der Waals surface area contributed by atoms with Gasteiger partial charge in [-0.1, -0.05) is 53.3 Å². The Morgan fingerprint density at radius 3 is 2.00 bits per heavy atom. The first-order chi connectivity index (χ1) is 7.70. The van der Waals surface area contributed by atoms with Crippen molar-refractivity contribution in [1.29, 1.82) is 0 Å². The lowest BCUT2D eigenvalue weighted by molar-refractivity contribution is 0.681. The van der Waals surface area contributed by atoms with Gasteiger partial charge in [0.2, 0.25) is 0 Å². The van der Waals surface area contributed by atoms with Gasteiger partial charge in [-0.3, -0.25) is 0 Å². The monoisotopic (exact) mass is 225 g/mol. The fourth-order valence-corrected chi connectivity index (χ4v) is 0.857. The molecule has 0 aliphatic rings. The van der Waals surface area contributed by atoms with Crippen LogP contribution in [0.25, 0.3) is 0 Å². The number of hydrogen-bond donors (Lipinski definition) is 1. The van der Waals surface area contributed by atoms with Gasteiger partial charge in [0.25, 0.3) is 0 Å². The molecule has 1 heteroatoms. The van der Waals surface area contributed by atoms with Gasteiger partial charge in [0, 0.05) is 11.7 Å². The van der Waals surface area contributed by atoms with Gasteiger partial charge in [0.1, 0.15) is 0 Å². The van der Waals surface area contributed by atoms with E-state index in [0.717, 1.165) is 12.1 Å². The van der Waals surface area contributed by atoms with Gasteiger partial charge >= 0.3 is 0 Å². The number of allylic oxidation sites excluding steroid dienone is 4. The van der Waals surface area contributed by atoms with Gasteiger partial charge in [-0.25, -0.2) is 0 Å². The topological polar surface area (TPSA) is 12.0 Å². The highest BCUT2D eigenvalue weighted by Crippen LogP contribution is 1.96. The molecule has 0 aromatic heterocycles. The second kappa shape index (κ2) is 19.6. The summed E-state index contributed by atoms with van der Waals surface area (Å²) in [6.45, 7) is 18.0. The minimum absolute atomic E-state index is 0.470. The van der Waals surface area contributed by atoms with E-state index >= 15 is 0 Å². The normalized spacial score (nSPS) is 10.1. The average molecular weight is 225 g/mol. The fourth-order valence-electron chi connectivity index (χ4n) is 0.857. The maximum absolute atomic E-state index is 3.67. The fraction of sp³-hybridized carbons (Fsp3) is 0.600. The zero-order chi connectivity index (χ0) is 13.4. The Morgan fingerprint density at radius 1 is 1.19 bits per heavy atom. The van der Waals surface area contributed by atoms with Crippen molar-refractivity contribution in [1.82, 2.24) is 5.32 Å². The maximum Gasteiger partial charge on any atom is 0.0338 e. The predicted molar refractivity (Wildman–Crippen MR) is 78.7 cm³/mol. The largest absolute Gasteiger partial charge is 0.383 e. The Morgan fingerprint density at radius 2 is 1.69 bits per heavy atom. The molecule has 16 heavy (non-hydrogen) atoms. The van der Waals surface area contributed by atoms with E-state index in [1.54, 1.807) is 6.08 Å². The van der Waals surface area contributed by atoms with Crippen LogP contribution in [0.1, 0.15) is 54.9 Å². The quantitative estimate of drug-likeness (QED) is 0.644. The lowest BCUT2D eigenvalue weighted by Gasteiger charge is -2.09. The molecule has 0 fully saturated rings. The Kier molecular flexibility index (Phi) is 25.0. The van der Waals surface area contributed by atoms with Gasteiger partial charge in [-0.05, 0) is 32.4 Å². The molecule has 0 aromatic rings. The Hall–Kier alpha value is -0.980. The van der Waals surface area contributed by atoms with Crippen LogP contribution in [-0.2, 0) is 0 Å². The third-order valence-electron chi connectivity index (χ3n) is 1.29. The molecule has 0 saturated heterocycles. The van der Waals surface area contributed by atoms with Crippen LogP contribution >= 0.6 is 0 Å². The van der Waals surface area contributed by atoms with Crippen molar-refractivity contribution in [3.8, 4) is 0 Å². The van der Waals surface area contributed by atoms with E-state index in [-0.39, 0.29) is 0 Å². The standard InChI is InChI=1S/C11H19N.2C2H6/c1-5-7-9-11(8-6-2)12-10(3)4;2*1-2/h6-10,12H,2,5H2,1,3-4H3;2*1-2H3/b9-7-,11-8+;;. The SMILES string of the molecule is C=C/C=C(\C=C/CC)NC(C)C.CC.CC. The lowest BCUT2D eigenvalue weighted by Crippen LogP contribution is -2.20. The molecule has 0 aliphatic heterocycles. The van der Waals surface area contributed by atoms with Crippen LogP contribution < -0.4 is 5.32 Å². The summed E-state index contributed by atoms with van der Waals surface area (Å²) in [5.41, 5.74) is 1.13. The van der Waals surface area contributed by atoms with Crippen molar-refractivity contribution in [3.05, 3.63) is 36.6 Å². The lowest BCUT2D eigenvalue weighted by atomic mass is 10.3. The molecule has 1 N–H and O–H groups in total. The first-order valence-electron chi connectivity index (χ1n) is 6.46. The number of rotatable bonds is 5. The molecule has 0 aromatic carbocycles. The van der Waals surface area contributed by atoms with Crippen LogP contribution in [0.4, 0.5) is 0 Å². The second-order valence-corrected chi connectivity index (χ2v) is 2.97. The first-order valence-corrected chi connectivity index (χ1v) is 6.46. The smallest absolute Gasteiger partial charge is 0.0338 e. The summed E-state index contributed by atoms with van der Waals surface area (Å²) < 4.78 is 0. The molecule has 0 aliphatic carbocycles. The Balaban J connectivity index is -0.000000376. The average Bonchev–Trinajstić information content (AvgIpc) is 2.31. The highest BCUT2D eigenvalue weighted by Gasteiger charge is 1.92. The van der Waals surface area contributed by atoms with E-state index in [4.69, 9.17) is 0 Å². The molecule has 0 atom stereocenters. The number of nitrogens with one attached hydrogen (secondary N) is 1. The summed E-state index contributed by atoms with van der Waals surface area (Å²) in [5.74, 6) is 0. The van der Waals surface area contributed by atoms with Crippen LogP contribution in [-0.4, -0.2) is 6.04 Å². The predicted octanol–water partition coefficient (Wildman–Crippen LogP) is 5.07. The zero-order valence-electron chi connectivity index (χ0n) is 12.3. The first kappa shape index (κ1) is 20.4. The summed E-state index contributed by atoms with van der Waals surface area (Å²) in [6.07, 6.45) is 9.05. The highest BCUT2D eigenvalue weighted by molar-refractivity contribution is 5.21. The van der Waals surface area contributed by atoms with E-state index < -0.39 is 0 Å². The molecule has 1 nitrogen and oxygen atoms in total. The molecule has 0 saturated carbocycles. The molecule has 0 amide bonds. The minimum Gasteiger partial charge on any atom is -0.383 e. The summed E-state index contributed by atoms with van der Waals surface area (Å²) in [6, 6.07) is 0.470. The summed E-state index contributed by atoms with van der Waals surface area (Å²) in [4.78, 5) is 0. The van der Waals surface area contributed by atoms with Gasteiger partial charge in [-0.2, -0.15) is 0 Å². The van der Waals surface area contributed by atoms with Crippen molar-refractivity contribution >= 4 is 0 Å². The van der Waals surface area contributed by atoms with E-state index in [9.17, 15) is 0 Å². The zero-order valence-corrected chi connectivity index (χ0v) is 12.3. The van der Waals surface area contributed by atoms with Crippen LogP contribution in [0.15, 0.2) is 36.6 Å². The van der Waals surface area contributed by atoms with E-state index in [2.05, 4.69) is 44.8 Å². The summed E-state index contributed by atoms with van der Waals surface area (Å²) >= 11 is 0. The molecule has 0 rings (SSSR count). The van der Waals surface area contributed by atoms with Crippen LogP contribution in [0.3, 0.4) is 0 Å². The van der Waals surface area contributed by atoms with Crippen molar-refractivity contribution in [2.24, 2.45) is 0 Å². The van der Waals surface area contributed by atoms with Crippen molar-refractivity contribution in [2.45, 2.75) is 60.9 Å². The summed E-state index contributed by atoms with van der Waals surface area (Å²) in [5, 5.41) is 3.32. The van der Waals surface area contributed by atoms with Crippen molar-refractivity contribution in [2.75, 3.05) is 0 Å². The minimum atomic E-state index is 0.470. The maximum atomic E-state index is 3.67. The molecule has 0 heterocycles. The van der Waals surface area contributed by atoms with E-state index in [1.807, 2.05) is 33.8 Å². The van der Waals surface area contributed by atoms with Crippen LogP contribution in [0.5, 0.6) is 0 Å². The van der Waals surface area contributed by atoms with Crippen molar-refractivity contribution < 1.29 is 0 Å². The van der Waals surface area contributed by atoms with E-state index in [0.29, 0.717) is 6.04 Å². The Bertz CT molecular complexity index is 176. The van der Waals surface area contributed by atoms with Crippen molar-refractivity contribution in [3.63, 3.8) is 0 Å².